The highest BCUT2D eigenvalue weighted by molar-refractivity contribution is 6.31. The van der Waals surface area contributed by atoms with E-state index in [-0.39, 0.29) is 18.0 Å². The fraction of sp³-hybridized carbons (Fsp3) is 0.235. The van der Waals surface area contributed by atoms with Crippen LogP contribution in [-0.2, 0) is 4.79 Å². The molecule has 2 rings (SSSR count). The summed E-state index contributed by atoms with van der Waals surface area (Å²) in [6, 6.07) is 14.7. The zero-order chi connectivity index (χ0) is 16.1. The van der Waals surface area contributed by atoms with Crippen LogP contribution in [0.1, 0.15) is 25.5 Å². The molecule has 2 aromatic carbocycles. The lowest BCUT2D eigenvalue weighted by Gasteiger charge is -2.17. The van der Waals surface area contributed by atoms with Crippen LogP contribution in [-0.4, -0.2) is 11.9 Å². The maximum Gasteiger partial charge on any atom is 0.282 e. The first kappa shape index (κ1) is 16.8. The Morgan fingerprint density at radius 3 is 2.36 bits per heavy atom. The van der Waals surface area contributed by atoms with E-state index in [4.69, 9.17) is 23.2 Å². The highest BCUT2D eigenvalue weighted by Crippen LogP contribution is 2.15. The summed E-state index contributed by atoms with van der Waals surface area (Å²) in [5, 5.41) is 6.20. The Kier molecular flexibility index (Phi) is 5.83. The van der Waals surface area contributed by atoms with E-state index in [9.17, 15) is 4.79 Å². The highest BCUT2D eigenvalue weighted by Gasteiger charge is 2.20. The van der Waals surface area contributed by atoms with Gasteiger partial charge in [0.2, 0.25) is 0 Å². The molecule has 116 valence electrons. The molecule has 0 aliphatic rings. The van der Waals surface area contributed by atoms with Crippen LogP contribution in [0.3, 0.4) is 0 Å². The Bertz CT molecular complexity index is 643. The summed E-state index contributed by atoms with van der Waals surface area (Å²) in [7, 11) is 0. The van der Waals surface area contributed by atoms with E-state index in [0.29, 0.717) is 15.7 Å². The Morgan fingerprint density at radius 1 is 1.05 bits per heavy atom. The number of carbonyl (C=O) groups excluding carboxylic acids is 1. The van der Waals surface area contributed by atoms with Crippen LogP contribution in [0.15, 0.2) is 48.5 Å². The third-order valence-corrected chi connectivity index (χ3v) is 3.97. The van der Waals surface area contributed by atoms with E-state index < -0.39 is 0 Å². The molecular weight excluding hydrogens is 319 g/mol. The van der Waals surface area contributed by atoms with Gasteiger partial charge < -0.3 is 10.6 Å². The molecule has 1 amide bonds. The minimum Gasteiger partial charge on any atom is -0.330 e. The Labute approximate surface area is 140 Å². The van der Waals surface area contributed by atoms with Crippen molar-refractivity contribution in [3.05, 3.63) is 64.1 Å². The molecule has 0 unspecified atom stereocenters. The maximum absolute atomic E-state index is 12.2. The SMILES string of the molecule is C[C@H]([NH2+][C@H](C)c1ccc(Cl)cc1)C(=O)Nc1cccc(Cl)c1. The largest absolute Gasteiger partial charge is 0.330 e. The van der Waals surface area contributed by atoms with E-state index in [1.165, 1.54) is 0 Å². The Balaban J connectivity index is 1.94. The maximum atomic E-state index is 12.2. The van der Waals surface area contributed by atoms with Gasteiger partial charge in [-0.3, -0.25) is 4.79 Å². The van der Waals surface area contributed by atoms with Gasteiger partial charge in [0.15, 0.2) is 6.04 Å². The minimum atomic E-state index is -0.218. The molecule has 0 aliphatic carbocycles. The average molecular weight is 338 g/mol. The van der Waals surface area contributed by atoms with Crippen molar-refractivity contribution in [3.63, 3.8) is 0 Å². The molecule has 0 radical (unpaired) electrons. The molecule has 22 heavy (non-hydrogen) atoms. The molecular formula is C17H19Cl2N2O+. The minimum absolute atomic E-state index is 0.0527. The standard InChI is InChI=1S/C17H18Cl2N2O/c1-11(13-6-8-14(18)9-7-13)20-12(2)17(22)21-16-5-3-4-15(19)10-16/h3-12,20H,1-2H3,(H,21,22)/p+1/t11-,12+/m1/s1. The van der Waals surface area contributed by atoms with Crippen LogP contribution in [0.5, 0.6) is 0 Å². The van der Waals surface area contributed by atoms with Crippen LogP contribution in [0, 0.1) is 0 Å². The van der Waals surface area contributed by atoms with Gasteiger partial charge in [0.1, 0.15) is 6.04 Å². The van der Waals surface area contributed by atoms with Crippen LogP contribution in [0.4, 0.5) is 5.69 Å². The van der Waals surface area contributed by atoms with Gasteiger partial charge in [-0.25, -0.2) is 0 Å². The average Bonchev–Trinajstić information content (AvgIpc) is 2.47. The van der Waals surface area contributed by atoms with Crippen molar-refractivity contribution in [1.82, 2.24) is 0 Å². The summed E-state index contributed by atoms with van der Waals surface area (Å²) >= 11 is 11.8. The van der Waals surface area contributed by atoms with Crippen LogP contribution < -0.4 is 10.6 Å². The van der Waals surface area contributed by atoms with Gasteiger partial charge in [0, 0.05) is 21.3 Å². The summed E-state index contributed by atoms with van der Waals surface area (Å²) in [5.41, 5.74) is 1.84. The topological polar surface area (TPSA) is 45.7 Å². The number of nitrogens with one attached hydrogen (secondary N) is 1. The first-order chi connectivity index (χ1) is 10.5. The van der Waals surface area contributed by atoms with Gasteiger partial charge in [-0.2, -0.15) is 0 Å². The number of rotatable bonds is 5. The molecule has 0 aromatic heterocycles. The summed E-state index contributed by atoms with van der Waals surface area (Å²) in [5.74, 6) is -0.0527. The number of carbonyl (C=O) groups is 1. The molecule has 5 heteroatoms. The van der Waals surface area contributed by atoms with Gasteiger partial charge >= 0.3 is 0 Å². The molecule has 0 aliphatic heterocycles. The fourth-order valence-electron chi connectivity index (χ4n) is 2.22. The lowest BCUT2D eigenvalue weighted by molar-refractivity contribution is -0.709. The highest BCUT2D eigenvalue weighted by atomic mass is 35.5. The van der Waals surface area contributed by atoms with E-state index >= 15 is 0 Å². The van der Waals surface area contributed by atoms with E-state index in [1.807, 2.05) is 48.6 Å². The number of halogens is 2. The Morgan fingerprint density at radius 2 is 1.73 bits per heavy atom. The molecule has 2 atom stereocenters. The van der Waals surface area contributed by atoms with Gasteiger partial charge in [0.25, 0.3) is 5.91 Å². The Hall–Kier alpha value is -1.55. The summed E-state index contributed by atoms with van der Waals surface area (Å²) in [6.07, 6.45) is 0. The third kappa shape index (κ3) is 4.73. The number of amides is 1. The lowest BCUT2D eigenvalue weighted by Crippen LogP contribution is -2.91. The molecule has 2 aromatic rings. The monoisotopic (exact) mass is 337 g/mol. The molecule has 0 saturated heterocycles. The third-order valence-electron chi connectivity index (χ3n) is 3.48. The van der Waals surface area contributed by atoms with Gasteiger partial charge in [-0.05, 0) is 44.2 Å². The van der Waals surface area contributed by atoms with Gasteiger partial charge in [-0.15, -0.1) is 0 Å². The number of quaternary nitrogens is 1. The zero-order valence-electron chi connectivity index (χ0n) is 12.5. The summed E-state index contributed by atoms with van der Waals surface area (Å²) in [4.78, 5) is 12.2. The summed E-state index contributed by atoms with van der Waals surface area (Å²) in [6.45, 7) is 3.94. The van der Waals surface area contributed by atoms with Crippen molar-refractivity contribution in [3.8, 4) is 0 Å². The van der Waals surface area contributed by atoms with Crippen LogP contribution in [0.25, 0.3) is 0 Å². The van der Waals surface area contributed by atoms with Crippen molar-refractivity contribution in [2.45, 2.75) is 25.9 Å². The lowest BCUT2D eigenvalue weighted by atomic mass is 10.1. The van der Waals surface area contributed by atoms with Gasteiger partial charge in [-0.1, -0.05) is 41.4 Å². The first-order valence-corrected chi connectivity index (χ1v) is 7.88. The number of hydrogen-bond acceptors (Lipinski definition) is 1. The van der Waals surface area contributed by atoms with Crippen molar-refractivity contribution in [2.24, 2.45) is 0 Å². The molecule has 0 saturated carbocycles. The normalized spacial score (nSPS) is 13.5. The second kappa shape index (κ2) is 7.63. The van der Waals surface area contributed by atoms with Gasteiger partial charge in [0.05, 0.1) is 0 Å². The molecule has 0 spiro atoms. The van der Waals surface area contributed by atoms with E-state index in [0.717, 1.165) is 5.56 Å². The van der Waals surface area contributed by atoms with Crippen molar-refractivity contribution in [1.29, 1.82) is 0 Å². The molecule has 0 fully saturated rings. The second-order valence-corrected chi connectivity index (χ2v) is 6.19. The second-order valence-electron chi connectivity index (χ2n) is 5.32. The predicted octanol–water partition coefficient (Wildman–Crippen LogP) is 3.65. The smallest absolute Gasteiger partial charge is 0.282 e. The quantitative estimate of drug-likeness (QED) is 0.859. The zero-order valence-corrected chi connectivity index (χ0v) is 14.0. The van der Waals surface area contributed by atoms with Crippen molar-refractivity contribution in [2.75, 3.05) is 5.32 Å². The number of nitrogens with two attached hydrogens (primary N) is 1. The fourth-order valence-corrected chi connectivity index (χ4v) is 2.54. The van der Waals surface area contributed by atoms with E-state index in [1.54, 1.807) is 12.1 Å². The number of hydrogen-bond donors (Lipinski definition) is 2. The molecule has 3 nitrogen and oxygen atoms in total. The molecule has 0 heterocycles. The number of anilines is 1. The predicted molar refractivity (Wildman–Crippen MR) is 91.3 cm³/mol. The molecule has 3 N–H and O–H groups in total. The molecule has 0 bridgehead atoms. The van der Waals surface area contributed by atoms with Crippen molar-refractivity contribution < 1.29 is 10.1 Å². The first-order valence-electron chi connectivity index (χ1n) is 7.12. The number of benzene rings is 2. The summed E-state index contributed by atoms with van der Waals surface area (Å²) < 4.78 is 0. The van der Waals surface area contributed by atoms with Crippen LogP contribution >= 0.6 is 23.2 Å². The van der Waals surface area contributed by atoms with Crippen LogP contribution in [0.2, 0.25) is 10.0 Å². The van der Waals surface area contributed by atoms with Crippen molar-refractivity contribution >= 4 is 34.8 Å². The van der Waals surface area contributed by atoms with E-state index in [2.05, 4.69) is 12.2 Å².